The molecule has 3 heteroatoms. The maximum atomic E-state index is 11.4. The van der Waals surface area contributed by atoms with Crippen LogP contribution in [-0.2, 0) is 16.0 Å². The molecule has 0 radical (unpaired) electrons. The predicted molar refractivity (Wildman–Crippen MR) is 65.7 cm³/mol. The van der Waals surface area contributed by atoms with E-state index in [0.717, 1.165) is 23.1 Å². The molecule has 0 aliphatic carbocycles. The van der Waals surface area contributed by atoms with Crippen molar-refractivity contribution in [2.75, 3.05) is 6.61 Å². The summed E-state index contributed by atoms with van der Waals surface area (Å²) >= 11 is 0. The van der Waals surface area contributed by atoms with Gasteiger partial charge in [-0.15, -0.1) is 0 Å². The Balaban J connectivity index is 2.19. The molecule has 2 aliphatic rings. The van der Waals surface area contributed by atoms with Gasteiger partial charge >= 0.3 is 0 Å². The fraction of sp³-hybridized carbons (Fsp3) is 0.143. The zero-order valence-electron chi connectivity index (χ0n) is 9.22. The van der Waals surface area contributed by atoms with Gasteiger partial charge in [-0.2, -0.15) is 0 Å². The van der Waals surface area contributed by atoms with Crippen LogP contribution in [0.1, 0.15) is 11.1 Å². The summed E-state index contributed by atoms with van der Waals surface area (Å²) in [6.45, 7) is 0.648. The molecule has 0 aromatic heterocycles. The number of nitrogens with zero attached hydrogens (tertiary/aromatic N) is 1. The van der Waals surface area contributed by atoms with Crippen molar-refractivity contribution in [3.05, 3.63) is 53.3 Å². The Bertz CT molecular complexity index is 567. The van der Waals surface area contributed by atoms with Crippen LogP contribution >= 0.6 is 0 Å². The second-order valence-electron chi connectivity index (χ2n) is 4.01. The van der Waals surface area contributed by atoms with Crippen LogP contribution in [0.4, 0.5) is 0 Å². The monoisotopic (exact) mass is 225 g/mol. The molecule has 0 bridgehead atoms. The lowest BCUT2D eigenvalue weighted by Crippen LogP contribution is -2.09. The third-order valence-corrected chi connectivity index (χ3v) is 2.92. The summed E-state index contributed by atoms with van der Waals surface area (Å²) in [5.41, 5.74) is 4.06. The fourth-order valence-corrected chi connectivity index (χ4v) is 2.09. The summed E-state index contributed by atoms with van der Waals surface area (Å²) in [4.78, 5) is 15.2. The number of ether oxygens (including phenoxy) is 1. The number of hydrogen-bond acceptors (Lipinski definition) is 2. The normalized spacial score (nSPS) is 18.0. The number of benzene rings is 1. The Hall–Kier alpha value is -2.16. The van der Waals surface area contributed by atoms with Gasteiger partial charge in [-0.25, -0.2) is 4.99 Å². The molecular weight excluding hydrogens is 214 g/mol. The number of rotatable bonds is 0. The van der Waals surface area contributed by atoms with Crippen LogP contribution in [-0.4, -0.2) is 18.7 Å². The number of carbonyl (C=O) groups is 1. The van der Waals surface area contributed by atoms with E-state index < -0.39 is 0 Å². The number of hydrogen-bond donors (Lipinski definition) is 0. The van der Waals surface area contributed by atoms with E-state index in [1.807, 2.05) is 18.2 Å². The SMILES string of the molecule is O=C1C=C2C(=COCCc3ccccc32)C=N1. The van der Waals surface area contributed by atoms with E-state index in [4.69, 9.17) is 4.74 Å². The van der Waals surface area contributed by atoms with E-state index in [9.17, 15) is 4.79 Å². The van der Waals surface area contributed by atoms with E-state index >= 15 is 0 Å². The fourth-order valence-electron chi connectivity index (χ4n) is 2.09. The van der Waals surface area contributed by atoms with Gasteiger partial charge in [-0.3, -0.25) is 4.79 Å². The second kappa shape index (κ2) is 4.01. The minimum absolute atomic E-state index is 0.215. The van der Waals surface area contributed by atoms with E-state index in [1.54, 1.807) is 18.6 Å². The molecule has 17 heavy (non-hydrogen) atoms. The third-order valence-electron chi connectivity index (χ3n) is 2.92. The highest BCUT2D eigenvalue weighted by Crippen LogP contribution is 2.29. The van der Waals surface area contributed by atoms with Crippen molar-refractivity contribution in [1.29, 1.82) is 0 Å². The maximum absolute atomic E-state index is 11.4. The zero-order valence-corrected chi connectivity index (χ0v) is 9.22. The number of aliphatic imine (C=N–C) groups is 1. The van der Waals surface area contributed by atoms with Crippen LogP contribution in [0.2, 0.25) is 0 Å². The standard InChI is InChI=1S/C14H11NO2/c16-14-7-13-11(8-15-14)9-17-6-5-10-3-1-2-4-12(10)13/h1-4,7-9H,5-6H2. The smallest absolute Gasteiger partial charge is 0.270 e. The van der Waals surface area contributed by atoms with Crippen molar-refractivity contribution >= 4 is 17.7 Å². The summed E-state index contributed by atoms with van der Waals surface area (Å²) in [6.07, 6.45) is 5.67. The van der Waals surface area contributed by atoms with Crippen molar-refractivity contribution in [2.45, 2.75) is 6.42 Å². The molecule has 0 unspecified atom stereocenters. The molecule has 0 atom stereocenters. The molecule has 2 aliphatic heterocycles. The molecule has 1 aromatic rings. The lowest BCUT2D eigenvalue weighted by atomic mass is 9.91. The lowest BCUT2D eigenvalue weighted by Gasteiger charge is -2.18. The van der Waals surface area contributed by atoms with Crippen LogP contribution in [0.25, 0.3) is 5.57 Å². The molecule has 3 rings (SSSR count). The van der Waals surface area contributed by atoms with Gasteiger partial charge in [0.2, 0.25) is 0 Å². The largest absolute Gasteiger partial charge is 0.500 e. The first-order chi connectivity index (χ1) is 8.34. The molecular formula is C14H11NO2. The average molecular weight is 225 g/mol. The van der Waals surface area contributed by atoms with E-state index in [-0.39, 0.29) is 5.91 Å². The summed E-state index contributed by atoms with van der Waals surface area (Å²) < 4.78 is 5.43. The molecule has 2 heterocycles. The van der Waals surface area contributed by atoms with Crippen LogP contribution in [0.15, 0.2) is 47.2 Å². The molecule has 0 saturated carbocycles. The summed E-state index contributed by atoms with van der Waals surface area (Å²) in [5, 5.41) is 0. The van der Waals surface area contributed by atoms with Gasteiger partial charge in [0.1, 0.15) is 0 Å². The Morgan fingerprint density at radius 2 is 2.12 bits per heavy atom. The van der Waals surface area contributed by atoms with Crippen molar-refractivity contribution in [3.8, 4) is 0 Å². The Labute approximate surface area is 99.1 Å². The summed E-state index contributed by atoms with van der Waals surface area (Å²) in [5.74, 6) is -0.215. The number of fused-ring (bicyclic) bond motifs is 3. The molecule has 0 spiro atoms. The lowest BCUT2D eigenvalue weighted by molar-refractivity contribution is -0.113. The van der Waals surface area contributed by atoms with Gasteiger partial charge in [0, 0.05) is 24.3 Å². The molecule has 0 fully saturated rings. The van der Waals surface area contributed by atoms with Crippen molar-refractivity contribution < 1.29 is 9.53 Å². The van der Waals surface area contributed by atoms with Gasteiger partial charge in [0.25, 0.3) is 5.91 Å². The van der Waals surface area contributed by atoms with Crippen molar-refractivity contribution in [1.82, 2.24) is 0 Å². The summed E-state index contributed by atoms with van der Waals surface area (Å²) in [6, 6.07) is 8.09. The second-order valence-corrected chi connectivity index (χ2v) is 4.01. The van der Waals surface area contributed by atoms with Crippen LogP contribution in [0.3, 0.4) is 0 Å². The molecule has 84 valence electrons. The highest BCUT2D eigenvalue weighted by atomic mass is 16.5. The number of dihydropyridines is 1. The molecule has 3 nitrogen and oxygen atoms in total. The number of carbonyl (C=O) groups excluding carboxylic acids is 1. The van der Waals surface area contributed by atoms with Gasteiger partial charge in [0.05, 0.1) is 12.9 Å². The van der Waals surface area contributed by atoms with Gasteiger partial charge in [-0.05, 0) is 16.7 Å². The first-order valence-corrected chi connectivity index (χ1v) is 5.55. The van der Waals surface area contributed by atoms with Gasteiger partial charge < -0.3 is 4.74 Å². The van der Waals surface area contributed by atoms with E-state index in [1.165, 1.54) is 5.56 Å². The van der Waals surface area contributed by atoms with Gasteiger partial charge in [0.15, 0.2) is 0 Å². The van der Waals surface area contributed by atoms with Crippen molar-refractivity contribution in [3.63, 3.8) is 0 Å². The topological polar surface area (TPSA) is 38.7 Å². The highest BCUT2D eigenvalue weighted by Gasteiger charge is 2.17. The van der Waals surface area contributed by atoms with E-state index in [2.05, 4.69) is 11.1 Å². The van der Waals surface area contributed by atoms with Crippen LogP contribution in [0, 0.1) is 0 Å². The zero-order chi connectivity index (χ0) is 11.7. The first-order valence-electron chi connectivity index (χ1n) is 5.55. The van der Waals surface area contributed by atoms with Gasteiger partial charge in [-0.1, -0.05) is 24.3 Å². The molecule has 0 N–H and O–H groups in total. The minimum Gasteiger partial charge on any atom is -0.500 e. The predicted octanol–water partition coefficient (Wildman–Crippen LogP) is 2.14. The quantitative estimate of drug-likeness (QED) is 0.678. The Kier molecular flexibility index (Phi) is 2.37. The maximum Gasteiger partial charge on any atom is 0.270 e. The van der Waals surface area contributed by atoms with Crippen LogP contribution < -0.4 is 0 Å². The molecule has 1 aromatic carbocycles. The van der Waals surface area contributed by atoms with Crippen LogP contribution in [0.5, 0.6) is 0 Å². The Morgan fingerprint density at radius 1 is 1.24 bits per heavy atom. The third kappa shape index (κ3) is 1.80. The molecule has 0 saturated heterocycles. The number of allylic oxidation sites excluding steroid dienone is 2. The molecule has 1 amide bonds. The van der Waals surface area contributed by atoms with Crippen molar-refractivity contribution in [2.24, 2.45) is 4.99 Å². The Morgan fingerprint density at radius 3 is 3.06 bits per heavy atom. The minimum atomic E-state index is -0.215. The first kappa shape index (κ1) is 10.0. The average Bonchev–Trinajstić information content (AvgIpc) is 2.34. The van der Waals surface area contributed by atoms with E-state index in [0.29, 0.717) is 6.61 Å². The summed E-state index contributed by atoms with van der Waals surface area (Å²) in [7, 11) is 0. The number of amides is 1. The highest BCUT2D eigenvalue weighted by molar-refractivity contribution is 6.15.